The third-order valence-corrected chi connectivity index (χ3v) is 1.99. The maximum absolute atomic E-state index is 5.65. The van der Waals surface area contributed by atoms with Crippen molar-refractivity contribution in [2.24, 2.45) is 0 Å². The van der Waals surface area contributed by atoms with Gasteiger partial charge in [0.25, 0.3) is 0 Å². The second-order valence-electron chi connectivity index (χ2n) is 3.03. The van der Waals surface area contributed by atoms with E-state index in [1.54, 1.807) is 25.4 Å². The number of halogens is 1. The molecule has 3 nitrogen and oxygen atoms in total. The summed E-state index contributed by atoms with van der Waals surface area (Å²) in [4.78, 5) is 3.92. The number of aromatic nitrogens is 1. The van der Waals surface area contributed by atoms with Crippen LogP contribution >= 0.6 is 11.6 Å². The summed E-state index contributed by atoms with van der Waals surface area (Å²) in [6.07, 6.45) is 2.60. The van der Waals surface area contributed by atoms with Gasteiger partial charge in [0.15, 0.2) is 0 Å². The van der Waals surface area contributed by atoms with Crippen LogP contribution in [0.2, 0.25) is 5.15 Å². The Labute approximate surface area is 89.0 Å². The molecule has 0 aliphatic carbocycles. The molecule has 1 aromatic rings. The van der Waals surface area contributed by atoms with Crippen molar-refractivity contribution in [3.63, 3.8) is 0 Å². The van der Waals surface area contributed by atoms with E-state index in [0.29, 0.717) is 11.8 Å². The van der Waals surface area contributed by atoms with E-state index < -0.39 is 0 Å². The first-order valence-corrected chi connectivity index (χ1v) is 4.87. The molecule has 0 radical (unpaired) electrons. The highest BCUT2D eigenvalue weighted by atomic mass is 35.5. The van der Waals surface area contributed by atoms with Gasteiger partial charge in [-0.1, -0.05) is 11.6 Å². The summed E-state index contributed by atoms with van der Waals surface area (Å²) in [6, 6.07) is 3.51. The highest BCUT2D eigenvalue weighted by Crippen LogP contribution is 2.14. The van der Waals surface area contributed by atoms with Gasteiger partial charge in [0.05, 0.1) is 12.3 Å². The first-order valence-electron chi connectivity index (χ1n) is 4.49. The molecule has 1 heterocycles. The number of pyridine rings is 1. The lowest BCUT2D eigenvalue weighted by Gasteiger charge is -2.13. The molecule has 0 spiro atoms. The number of hydrogen-bond donors (Lipinski definition) is 0. The first-order chi connectivity index (χ1) is 6.72. The van der Waals surface area contributed by atoms with E-state index in [0.717, 1.165) is 12.2 Å². The van der Waals surface area contributed by atoms with Crippen molar-refractivity contribution in [2.75, 3.05) is 13.7 Å². The molecule has 0 bridgehead atoms. The predicted octanol–water partition coefficient (Wildman–Crippen LogP) is 2.54. The standard InChI is InChI=1S/C10H14ClNO2/c1-8(5-6-13-2)14-9-3-4-10(11)12-7-9/h3-4,7-8H,5-6H2,1-2H3. The highest BCUT2D eigenvalue weighted by molar-refractivity contribution is 6.29. The molecular weight excluding hydrogens is 202 g/mol. The maximum atomic E-state index is 5.65. The number of methoxy groups -OCH3 is 1. The molecule has 78 valence electrons. The van der Waals surface area contributed by atoms with E-state index in [4.69, 9.17) is 21.1 Å². The second kappa shape index (κ2) is 5.83. The maximum Gasteiger partial charge on any atom is 0.138 e. The summed E-state index contributed by atoms with van der Waals surface area (Å²) in [5.74, 6) is 0.734. The summed E-state index contributed by atoms with van der Waals surface area (Å²) in [5.41, 5.74) is 0. The number of rotatable bonds is 5. The van der Waals surface area contributed by atoms with E-state index >= 15 is 0 Å². The topological polar surface area (TPSA) is 31.4 Å². The number of nitrogens with zero attached hydrogens (tertiary/aromatic N) is 1. The molecule has 0 saturated heterocycles. The number of ether oxygens (including phenoxy) is 2. The van der Waals surface area contributed by atoms with Gasteiger partial charge in [-0.05, 0) is 19.1 Å². The lowest BCUT2D eigenvalue weighted by Crippen LogP contribution is -2.14. The van der Waals surface area contributed by atoms with Crippen LogP contribution in [-0.2, 0) is 4.74 Å². The minimum atomic E-state index is 0.123. The molecule has 1 unspecified atom stereocenters. The van der Waals surface area contributed by atoms with Gasteiger partial charge in [0.2, 0.25) is 0 Å². The Morgan fingerprint density at radius 3 is 2.86 bits per heavy atom. The molecule has 0 aliphatic rings. The van der Waals surface area contributed by atoms with Gasteiger partial charge in [-0.2, -0.15) is 0 Å². The van der Waals surface area contributed by atoms with Crippen LogP contribution in [0.5, 0.6) is 5.75 Å². The van der Waals surface area contributed by atoms with Crippen molar-refractivity contribution in [3.05, 3.63) is 23.5 Å². The van der Waals surface area contributed by atoms with Crippen LogP contribution in [0.4, 0.5) is 0 Å². The van der Waals surface area contributed by atoms with Crippen LogP contribution in [0.3, 0.4) is 0 Å². The first kappa shape index (κ1) is 11.3. The van der Waals surface area contributed by atoms with E-state index in [1.807, 2.05) is 6.92 Å². The lowest BCUT2D eigenvalue weighted by molar-refractivity contribution is 0.135. The average Bonchev–Trinajstić information content (AvgIpc) is 2.18. The third kappa shape index (κ3) is 3.94. The van der Waals surface area contributed by atoms with Crippen LogP contribution in [-0.4, -0.2) is 24.8 Å². The van der Waals surface area contributed by atoms with Crippen molar-refractivity contribution in [3.8, 4) is 5.75 Å². The lowest BCUT2D eigenvalue weighted by atomic mass is 10.3. The monoisotopic (exact) mass is 215 g/mol. The Bertz CT molecular complexity index is 263. The molecular formula is C10H14ClNO2. The fourth-order valence-corrected chi connectivity index (χ4v) is 1.12. The molecule has 0 aromatic carbocycles. The fourth-order valence-electron chi connectivity index (χ4n) is 1.01. The second-order valence-corrected chi connectivity index (χ2v) is 3.41. The van der Waals surface area contributed by atoms with Gasteiger partial charge in [-0.25, -0.2) is 4.98 Å². The largest absolute Gasteiger partial charge is 0.489 e. The Kier molecular flexibility index (Phi) is 4.70. The molecule has 4 heteroatoms. The van der Waals surface area contributed by atoms with Crippen LogP contribution in [0.25, 0.3) is 0 Å². The zero-order valence-electron chi connectivity index (χ0n) is 8.37. The molecule has 14 heavy (non-hydrogen) atoms. The normalized spacial score (nSPS) is 12.5. The average molecular weight is 216 g/mol. The molecule has 0 N–H and O–H groups in total. The van der Waals surface area contributed by atoms with E-state index in [-0.39, 0.29) is 6.10 Å². The Balaban J connectivity index is 2.39. The van der Waals surface area contributed by atoms with Gasteiger partial charge in [0.1, 0.15) is 10.9 Å². The summed E-state index contributed by atoms with van der Waals surface area (Å²) < 4.78 is 10.5. The van der Waals surface area contributed by atoms with Crippen LogP contribution < -0.4 is 4.74 Å². The van der Waals surface area contributed by atoms with Gasteiger partial charge >= 0.3 is 0 Å². The molecule has 1 atom stereocenters. The van der Waals surface area contributed by atoms with Gasteiger partial charge in [-0.15, -0.1) is 0 Å². The summed E-state index contributed by atoms with van der Waals surface area (Å²) in [7, 11) is 1.68. The zero-order chi connectivity index (χ0) is 10.4. The van der Waals surface area contributed by atoms with Crippen molar-refractivity contribution in [2.45, 2.75) is 19.4 Å². The van der Waals surface area contributed by atoms with E-state index in [9.17, 15) is 0 Å². The van der Waals surface area contributed by atoms with Gasteiger partial charge in [0, 0.05) is 20.1 Å². The zero-order valence-corrected chi connectivity index (χ0v) is 9.12. The van der Waals surface area contributed by atoms with Crippen molar-refractivity contribution < 1.29 is 9.47 Å². The minimum Gasteiger partial charge on any atom is -0.489 e. The predicted molar refractivity (Wildman–Crippen MR) is 55.8 cm³/mol. The van der Waals surface area contributed by atoms with Gasteiger partial charge in [-0.3, -0.25) is 0 Å². The van der Waals surface area contributed by atoms with Crippen molar-refractivity contribution in [1.29, 1.82) is 0 Å². The fraction of sp³-hybridized carbons (Fsp3) is 0.500. The quantitative estimate of drug-likeness (QED) is 0.708. The van der Waals surface area contributed by atoms with E-state index in [1.165, 1.54) is 0 Å². The van der Waals surface area contributed by atoms with Crippen LogP contribution in [0, 0.1) is 0 Å². The smallest absolute Gasteiger partial charge is 0.138 e. The summed E-state index contributed by atoms with van der Waals surface area (Å²) in [5, 5.41) is 0.474. The van der Waals surface area contributed by atoms with Crippen molar-refractivity contribution >= 4 is 11.6 Å². The molecule has 1 rings (SSSR count). The molecule has 0 saturated carbocycles. The SMILES string of the molecule is COCCC(C)Oc1ccc(Cl)nc1. The Morgan fingerprint density at radius 1 is 1.50 bits per heavy atom. The van der Waals surface area contributed by atoms with Crippen molar-refractivity contribution in [1.82, 2.24) is 4.98 Å². The van der Waals surface area contributed by atoms with Crippen LogP contribution in [0.1, 0.15) is 13.3 Å². The molecule has 0 fully saturated rings. The molecule has 0 amide bonds. The Hall–Kier alpha value is -0.800. The molecule has 0 aliphatic heterocycles. The third-order valence-electron chi connectivity index (χ3n) is 1.77. The molecule has 1 aromatic heterocycles. The summed E-state index contributed by atoms with van der Waals surface area (Å²) >= 11 is 5.65. The Morgan fingerprint density at radius 2 is 2.29 bits per heavy atom. The van der Waals surface area contributed by atoms with E-state index in [2.05, 4.69) is 4.98 Å². The van der Waals surface area contributed by atoms with Gasteiger partial charge < -0.3 is 9.47 Å². The highest BCUT2D eigenvalue weighted by Gasteiger charge is 2.03. The minimum absolute atomic E-state index is 0.123. The summed E-state index contributed by atoms with van der Waals surface area (Å²) in [6.45, 7) is 2.69. The number of hydrogen-bond acceptors (Lipinski definition) is 3. The van der Waals surface area contributed by atoms with Crippen LogP contribution in [0.15, 0.2) is 18.3 Å².